The summed E-state index contributed by atoms with van der Waals surface area (Å²) in [5.41, 5.74) is -3.24. The van der Waals surface area contributed by atoms with Crippen LogP contribution in [0.2, 0.25) is 5.02 Å². The minimum atomic E-state index is -5.02. The Hall–Kier alpha value is -2.95. The first kappa shape index (κ1) is 29.6. The summed E-state index contributed by atoms with van der Waals surface area (Å²) in [5.74, 6) is -0.562. The van der Waals surface area contributed by atoms with Crippen molar-refractivity contribution < 1.29 is 40.7 Å². The summed E-state index contributed by atoms with van der Waals surface area (Å²) in [6, 6.07) is 5.16. The van der Waals surface area contributed by atoms with E-state index in [2.05, 4.69) is 0 Å². The van der Waals surface area contributed by atoms with E-state index >= 15 is 0 Å². The number of carbonyl (C=O) groups excluding carboxylic acids is 2. The highest BCUT2D eigenvalue weighted by atomic mass is 35.5. The Morgan fingerprint density at radius 2 is 1.58 bits per heavy atom. The van der Waals surface area contributed by atoms with Crippen molar-refractivity contribution >= 4 is 29.3 Å². The predicted octanol–water partition coefficient (Wildman–Crippen LogP) is 8.00. The van der Waals surface area contributed by atoms with Crippen LogP contribution >= 0.6 is 11.6 Å². The van der Waals surface area contributed by atoms with Crippen LogP contribution in [0.1, 0.15) is 68.8 Å². The predicted molar refractivity (Wildman–Crippen MR) is 130 cm³/mol. The summed E-state index contributed by atoms with van der Waals surface area (Å²) >= 11 is 6.20. The van der Waals surface area contributed by atoms with Crippen molar-refractivity contribution in [2.45, 2.75) is 71.1 Å². The first-order valence-electron chi connectivity index (χ1n) is 11.7. The Morgan fingerprint density at radius 1 is 1.00 bits per heavy atom. The van der Waals surface area contributed by atoms with Gasteiger partial charge in [-0.15, -0.1) is 0 Å². The van der Waals surface area contributed by atoms with Crippen molar-refractivity contribution in [3.8, 4) is 0 Å². The van der Waals surface area contributed by atoms with Crippen molar-refractivity contribution in [1.82, 2.24) is 4.90 Å². The van der Waals surface area contributed by atoms with Crippen LogP contribution in [0.3, 0.4) is 0 Å². The monoisotopic (exact) mass is 564 g/mol. The molecule has 0 N–H and O–H groups in total. The van der Waals surface area contributed by atoms with Crippen LogP contribution in [0.25, 0.3) is 0 Å². The van der Waals surface area contributed by atoms with Crippen LogP contribution in [0.5, 0.6) is 0 Å². The van der Waals surface area contributed by atoms with Gasteiger partial charge in [0.2, 0.25) is 5.91 Å². The lowest BCUT2D eigenvalue weighted by atomic mass is 9.98. The Bertz CT molecular complexity index is 1170. The normalized spacial score (nSPS) is 16.5. The molecule has 2 aromatic rings. The number of benzene rings is 2. The molecule has 1 aliphatic rings. The van der Waals surface area contributed by atoms with Gasteiger partial charge in [-0.3, -0.25) is 9.69 Å². The molecule has 1 heterocycles. The smallest absolute Gasteiger partial charge is 0.416 e. The van der Waals surface area contributed by atoms with Crippen LogP contribution in [0.4, 0.5) is 36.8 Å². The second-order valence-electron chi connectivity index (χ2n) is 10.1. The maximum Gasteiger partial charge on any atom is 0.416 e. The Labute approximate surface area is 221 Å². The van der Waals surface area contributed by atoms with Crippen LogP contribution in [0.15, 0.2) is 36.4 Å². The number of halogens is 7. The number of ether oxygens (including phenoxy) is 1. The van der Waals surface area contributed by atoms with Gasteiger partial charge in [-0.2, -0.15) is 26.3 Å². The van der Waals surface area contributed by atoms with Gasteiger partial charge in [-0.05, 0) is 75.1 Å². The molecule has 0 spiro atoms. The first-order valence-corrected chi connectivity index (χ1v) is 12.1. The molecule has 208 valence electrons. The summed E-state index contributed by atoms with van der Waals surface area (Å²) in [6.45, 7) is 5.97. The Morgan fingerprint density at radius 3 is 2.08 bits per heavy atom. The second kappa shape index (κ2) is 10.7. The number of fused-ring (bicyclic) bond motifs is 1. The standard InChI is InChI=1S/C26H27ClF6N2O3/c1-15(36)35(14-16-10-17(25(28,29)30)12-18(11-16)26(31,32)33)21-6-5-9-34(23(37)38-24(2,3)4)22-13-19(27)7-8-20(21)22/h7-8,10-13,21H,5-6,9,14H2,1-4H3. The number of anilines is 1. The zero-order chi connectivity index (χ0) is 28.6. The van der Waals surface area contributed by atoms with Crippen molar-refractivity contribution in [3.63, 3.8) is 0 Å². The molecule has 0 saturated heterocycles. The molecule has 1 atom stereocenters. The fourth-order valence-electron chi connectivity index (χ4n) is 4.33. The number of hydrogen-bond donors (Lipinski definition) is 0. The number of hydrogen-bond acceptors (Lipinski definition) is 3. The van der Waals surface area contributed by atoms with Gasteiger partial charge in [-0.1, -0.05) is 17.7 Å². The number of alkyl halides is 6. The lowest BCUT2D eigenvalue weighted by molar-refractivity contribution is -0.143. The highest BCUT2D eigenvalue weighted by molar-refractivity contribution is 6.31. The summed E-state index contributed by atoms with van der Waals surface area (Å²) in [6.07, 6.45) is -10.0. The molecule has 38 heavy (non-hydrogen) atoms. The van der Waals surface area contributed by atoms with E-state index in [1.807, 2.05) is 0 Å². The SMILES string of the molecule is CC(=O)N(Cc1cc(C(F)(F)F)cc(C(F)(F)F)c1)C1CCCN(C(=O)OC(C)(C)C)c2cc(Cl)ccc21. The molecule has 0 aliphatic carbocycles. The van der Waals surface area contributed by atoms with Gasteiger partial charge >= 0.3 is 18.4 Å². The second-order valence-corrected chi connectivity index (χ2v) is 10.5. The molecule has 0 fully saturated rings. The van der Waals surface area contributed by atoms with Crippen LogP contribution < -0.4 is 4.90 Å². The molecule has 0 bridgehead atoms. The number of rotatable bonds is 3. The van der Waals surface area contributed by atoms with Gasteiger partial charge in [0.15, 0.2) is 0 Å². The quantitative estimate of drug-likeness (QED) is 0.355. The van der Waals surface area contributed by atoms with Crippen molar-refractivity contribution in [2.24, 2.45) is 0 Å². The van der Waals surface area contributed by atoms with Gasteiger partial charge in [-0.25, -0.2) is 4.79 Å². The number of amides is 2. The number of nitrogens with zero attached hydrogens (tertiary/aromatic N) is 2. The van der Waals surface area contributed by atoms with Gasteiger partial charge in [0.05, 0.1) is 22.9 Å². The molecule has 2 amide bonds. The van der Waals surface area contributed by atoms with Crippen molar-refractivity contribution in [1.29, 1.82) is 0 Å². The highest BCUT2D eigenvalue weighted by Crippen LogP contribution is 2.41. The Kier molecular flexibility index (Phi) is 8.31. The van der Waals surface area contributed by atoms with Gasteiger partial charge in [0.1, 0.15) is 5.60 Å². The topological polar surface area (TPSA) is 49.9 Å². The van der Waals surface area contributed by atoms with E-state index in [9.17, 15) is 35.9 Å². The lowest BCUT2D eigenvalue weighted by Gasteiger charge is -2.33. The van der Waals surface area contributed by atoms with Crippen molar-refractivity contribution in [2.75, 3.05) is 11.4 Å². The van der Waals surface area contributed by atoms with E-state index in [0.29, 0.717) is 41.2 Å². The molecule has 12 heteroatoms. The van der Waals surface area contributed by atoms with Gasteiger partial charge in [0.25, 0.3) is 0 Å². The van der Waals surface area contributed by atoms with E-state index in [1.54, 1.807) is 26.8 Å². The van der Waals surface area contributed by atoms with Gasteiger partial charge in [0, 0.05) is 25.0 Å². The minimum absolute atomic E-state index is 0.0449. The summed E-state index contributed by atoms with van der Waals surface area (Å²) in [4.78, 5) is 28.3. The average molecular weight is 565 g/mol. The van der Waals surface area contributed by atoms with E-state index in [1.165, 1.54) is 28.9 Å². The molecular formula is C26H27ClF6N2O3. The van der Waals surface area contributed by atoms with Crippen LogP contribution in [0, 0.1) is 0 Å². The van der Waals surface area contributed by atoms with E-state index < -0.39 is 53.7 Å². The first-order chi connectivity index (χ1) is 17.4. The third kappa shape index (κ3) is 7.12. The van der Waals surface area contributed by atoms with Crippen LogP contribution in [-0.2, 0) is 28.4 Å². The van der Waals surface area contributed by atoms with Crippen LogP contribution in [-0.4, -0.2) is 29.0 Å². The fraction of sp³-hybridized carbons (Fsp3) is 0.462. The highest BCUT2D eigenvalue weighted by Gasteiger charge is 2.38. The zero-order valence-corrected chi connectivity index (χ0v) is 21.9. The van der Waals surface area contributed by atoms with Crippen molar-refractivity contribution in [3.05, 3.63) is 63.7 Å². The summed E-state index contributed by atoms with van der Waals surface area (Å²) in [5, 5.41) is 0.292. The Balaban J connectivity index is 2.08. The largest absolute Gasteiger partial charge is 0.443 e. The molecule has 2 aromatic carbocycles. The third-order valence-corrected chi connectivity index (χ3v) is 6.13. The molecule has 1 unspecified atom stereocenters. The van der Waals surface area contributed by atoms with E-state index in [4.69, 9.17) is 16.3 Å². The molecule has 1 aliphatic heterocycles. The molecule has 0 radical (unpaired) electrons. The third-order valence-electron chi connectivity index (χ3n) is 5.90. The molecule has 0 aromatic heterocycles. The zero-order valence-electron chi connectivity index (χ0n) is 21.1. The minimum Gasteiger partial charge on any atom is -0.443 e. The molecule has 3 rings (SSSR count). The average Bonchev–Trinajstić information content (AvgIpc) is 2.94. The molecule has 0 saturated carbocycles. The summed E-state index contributed by atoms with van der Waals surface area (Å²) in [7, 11) is 0. The fourth-order valence-corrected chi connectivity index (χ4v) is 4.50. The lowest BCUT2D eigenvalue weighted by Crippen LogP contribution is -2.37. The molecular weight excluding hydrogens is 538 g/mol. The van der Waals surface area contributed by atoms with E-state index in [-0.39, 0.29) is 18.2 Å². The van der Waals surface area contributed by atoms with E-state index in [0.717, 1.165) is 0 Å². The number of carbonyl (C=O) groups is 2. The maximum absolute atomic E-state index is 13.4. The summed E-state index contributed by atoms with van der Waals surface area (Å²) < 4.78 is 85.9. The van der Waals surface area contributed by atoms with Gasteiger partial charge < -0.3 is 9.64 Å². The molecule has 5 nitrogen and oxygen atoms in total. The maximum atomic E-state index is 13.4.